The number of carbonyl (C=O) groups excluding carboxylic acids is 2. The van der Waals surface area contributed by atoms with Crippen molar-refractivity contribution in [1.29, 1.82) is 0 Å². The van der Waals surface area contributed by atoms with Crippen LogP contribution in [0.25, 0.3) is 0 Å². The van der Waals surface area contributed by atoms with E-state index < -0.39 is 5.54 Å². The van der Waals surface area contributed by atoms with E-state index in [0.29, 0.717) is 12.2 Å². The third-order valence-electron chi connectivity index (χ3n) is 7.44. The topological polar surface area (TPSA) is 67.2 Å². The van der Waals surface area contributed by atoms with Crippen molar-refractivity contribution < 1.29 is 9.59 Å². The highest BCUT2D eigenvalue weighted by molar-refractivity contribution is 6.00. The van der Waals surface area contributed by atoms with Crippen molar-refractivity contribution in [3.63, 3.8) is 0 Å². The summed E-state index contributed by atoms with van der Waals surface area (Å²) in [5, 5.41) is 8.03. The molecule has 4 rings (SSSR count). The number of fused-ring (bicyclic) bond motifs is 1. The van der Waals surface area contributed by atoms with Gasteiger partial charge in [0.1, 0.15) is 11.2 Å². The van der Waals surface area contributed by atoms with E-state index in [1.165, 1.54) is 32.1 Å². The first-order valence-electron chi connectivity index (χ1n) is 12.1. The molecular weight excluding hydrogens is 376 g/mol. The number of nitrogens with zero attached hydrogens (tertiary/aromatic N) is 3. The van der Waals surface area contributed by atoms with Crippen LogP contribution in [-0.4, -0.2) is 44.1 Å². The van der Waals surface area contributed by atoms with Crippen molar-refractivity contribution in [2.45, 2.75) is 121 Å². The van der Waals surface area contributed by atoms with Crippen molar-refractivity contribution in [3.8, 4) is 0 Å². The highest BCUT2D eigenvalue weighted by Crippen LogP contribution is 2.35. The van der Waals surface area contributed by atoms with Crippen molar-refractivity contribution in [2.75, 3.05) is 0 Å². The zero-order chi connectivity index (χ0) is 21.3. The average Bonchev–Trinajstić information content (AvgIpc) is 2.97. The molecule has 0 aromatic carbocycles. The zero-order valence-corrected chi connectivity index (χ0v) is 19.0. The standard InChI is InChI=1S/C24H38N4O2/c1-17(2)20-15-21-22(29)28(19-13-9-4-5-10-14-19)24(3,16-27(21)26-20)23(30)25-18-11-7-6-8-12-18/h15,17-19H,4-14,16H2,1-3H3,(H,25,30). The molecule has 6 nitrogen and oxygen atoms in total. The Morgan fingerprint density at radius 3 is 2.30 bits per heavy atom. The van der Waals surface area contributed by atoms with Gasteiger partial charge in [0.25, 0.3) is 5.91 Å². The first kappa shape index (κ1) is 21.4. The zero-order valence-electron chi connectivity index (χ0n) is 19.0. The Hall–Kier alpha value is -1.85. The van der Waals surface area contributed by atoms with Gasteiger partial charge in [-0.15, -0.1) is 0 Å². The summed E-state index contributed by atoms with van der Waals surface area (Å²) < 4.78 is 1.80. The molecule has 6 heteroatoms. The smallest absolute Gasteiger partial charge is 0.273 e. The molecule has 1 aromatic heterocycles. The van der Waals surface area contributed by atoms with E-state index in [4.69, 9.17) is 5.10 Å². The van der Waals surface area contributed by atoms with Crippen LogP contribution in [0, 0.1) is 0 Å². The number of aromatic nitrogens is 2. The lowest BCUT2D eigenvalue weighted by atomic mass is 9.89. The van der Waals surface area contributed by atoms with Crippen LogP contribution in [0.3, 0.4) is 0 Å². The molecule has 1 aliphatic heterocycles. The molecule has 2 heterocycles. The normalized spacial score (nSPS) is 26.5. The Balaban J connectivity index is 1.68. The minimum atomic E-state index is -0.892. The second kappa shape index (κ2) is 8.72. The Morgan fingerprint density at radius 1 is 1.07 bits per heavy atom. The Labute approximate surface area is 180 Å². The summed E-state index contributed by atoms with van der Waals surface area (Å²) >= 11 is 0. The lowest BCUT2D eigenvalue weighted by Gasteiger charge is -2.47. The number of hydrogen-bond acceptors (Lipinski definition) is 3. The molecule has 3 aliphatic rings. The monoisotopic (exact) mass is 414 g/mol. The molecule has 166 valence electrons. The molecule has 30 heavy (non-hydrogen) atoms. The molecule has 0 bridgehead atoms. The Bertz CT molecular complexity index is 772. The molecule has 0 radical (unpaired) electrons. The van der Waals surface area contributed by atoms with Crippen LogP contribution in [-0.2, 0) is 11.3 Å². The van der Waals surface area contributed by atoms with Gasteiger partial charge in [-0.1, -0.05) is 58.8 Å². The Morgan fingerprint density at radius 2 is 1.67 bits per heavy atom. The molecule has 1 atom stereocenters. The van der Waals surface area contributed by atoms with Crippen LogP contribution in [0.15, 0.2) is 6.07 Å². The van der Waals surface area contributed by atoms with Gasteiger partial charge in [-0.2, -0.15) is 5.10 Å². The van der Waals surface area contributed by atoms with Gasteiger partial charge >= 0.3 is 0 Å². The maximum Gasteiger partial charge on any atom is 0.273 e. The maximum atomic E-state index is 13.8. The molecule has 1 N–H and O–H groups in total. The molecule has 1 unspecified atom stereocenters. The summed E-state index contributed by atoms with van der Waals surface area (Å²) in [5.74, 6) is 0.234. The van der Waals surface area contributed by atoms with Gasteiger partial charge in [0.2, 0.25) is 5.91 Å². The number of carbonyl (C=O) groups is 2. The van der Waals surface area contributed by atoms with E-state index in [1.54, 1.807) is 4.68 Å². The largest absolute Gasteiger partial charge is 0.351 e. The van der Waals surface area contributed by atoms with E-state index in [1.807, 2.05) is 17.9 Å². The number of hydrogen-bond donors (Lipinski definition) is 1. The molecule has 2 saturated carbocycles. The highest BCUT2D eigenvalue weighted by Gasteiger charge is 2.51. The van der Waals surface area contributed by atoms with E-state index in [-0.39, 0.29) is 29.8 Å². The quantitative estimate of drug-likeness (QED) is 0.743. The fraction of sp³-hybridized carbons (Fsp3) is 0.792. The lowest BCUT2D eigenvalue weighted by molar-refractivity contribution is -0.135. The number of rotatable bonds is 4. The van der Waals surface area contributed by atoms with E-state index in [2.05, 4.69) is 19.2 Å². The van der Waals surface area contributed by atoms with Crippen LogP contribution >= 0.6 is 0 Å². The van der Waals surface area contributed by atoms with Gasteiger partial charge < -0.3 is 10.2 Å². The number of amides is 2. The van der Waals surface area contributed by atoms with E-state index >= 15 is 0 Å². The van der Waals surface area contributed by atoms with E-state index in [9.17, 15) is 9.59 Å². The van der Waals surface area contributed by atoms with Gasteiger partial charge in [-0.3, -0.25) is 14.3 Å². The molecule has 2 fully saturated rings. The fourth-order valence-electron chi connectivity index (χ4n) is 5.58. The third-order valence-corrected chi connectivity index (χ3v) is 7.44. The number of nitrogens with one attached hydrogen (secondary N) is 1. The fourth-order valence-corrected chi connectivity index (χ4v) is 5.58. The Kier molecular flexibility index (Phi) is 6.21. The van der Waals surface area contributed by atoms with E-state index in [0.717, 1.165) is 44.2 Å². The first-order chi connectivity index (χ1) is 14.4. The molecule has 0 saturated heterocycles. The van der Waals surface area contributed by atoms with Gasteiger partial charge in [0.05, 0.1) is 12.2 Å². The van der Waals surface area contributed by atoms with Crippen LogP contribution in [0.5, 0.6) is 0 Å². The predicted octanol–water partition coefficient (Wildman–Crippen LogP) is 4.39. The van der Waals surface area contributed by atoms with Gasteiger partial charge in [0, 0.05) is 12.1 Å². The summed E-state index contributed by atoms with van der Waals surface area (Å²) in [4.78, 5) is 29.4. The summed E-state index contributed by atoms with van der Waals surface area (Å²) in [6, 6.07) is 2.31. The van der Waals surface area contributed by atoms with Gasteiger partial charge in [-0.05, 0) is 44.6 Å². The second-order valence-electron chi connectivity index (χ2n) is 10.2. The van der Waals surface area contributed by atoms with Crippen molar-refractivity contribution in [2.24, 2.45) is 0 Å². The molecule has 0 spiro atoms. The van der Waals surface area contributed by atoms with Crippen LogP contribution in [0.4, 0.5) is 0 Å². The first-order valence-corrected chi connectivity index (χ1v) is 12.1. The maximum absolute atomic E-state index is 13.8. The van der Waals surface area contributed by atoms with Gasteiger partial charge in [0.15, 0.2) is 0 Å². The minimum absolute atomic E-state index is 0.000700. The van der Waals surface area contributed by atoms with Crippen LogP contribution < -0.4 is 5.32 Å². The second-order valence-corrected chi connectivity index (χ2v) is 10.2. The van der Waals surface area contributed by atoms with Crippen molar-refractivity contribution >= 4 is 11.8 Å². The average molecular weight is 415 g/mol. The molecule has 1 aromatic rings. The van der Waals surface area contributed by atoms with Crippen molar-refractivity contribution in [3.05, 3.63) is 17.5 Å². The summed E-state index contributed by atoms with van der Waals surface area (Å²) in [6.45, 7) is 6.59. The molecular formula is C24H38N4O2. The molecule has 2 amide bonds. The lowest BCUT2D eigenvalue weighted by Crippen LogP contribution is -2.67. The van der Waals surface area contributed by atoms with Gasteiger partial charge in [-0.25, -0.2) is 0 Å². The SMILES string of the molecule is CC(C)c1cc2n(n1)CC(C)(C(=O)NC1CCCCC1)N(C1CCCCCC1)C2=O. The third kappa shape index (κ3) is 4.02. The predicted molar refractivity (Wildman–Crippen MR) is 117 cm³/mol. The van der Waals surface area contributed by atoms with Crippen LogP contribution in [0.1, 0.15) is 114 Å². The summed E-state index contributed by atoms with van der Waals surface area (Å²) in [7, 11) is 0. The van der Waals surface area contributed by atoms with Crippen molar-refractivity contribution in [1.82, 2.24) is 20.0 Å². The summed E-state index contributed by atoms with van der Waals surface area (Å²) in [5.41, 5.74) is 0.679. The molecule has 2 aliphatic carbocycles. The minimum Gasteiger partial charge on any atom is -0.351 e. The summed E-state index contributed by atoms with van der Waals surface area (Å²) in [6.07, 6.45) is 12.4. The highest BCUT2D eigenvalue weighted by atomic mass is 16.2. The van der Waals surface area contributed by atoms with Crippen LogP contribution in [0.2, 0.25) is 0 Å².